The first-order chi connectivity index (χ1) is 15.3. The van der Waals surface area contributed by atoms with E-state index in [9.17, 15) is 14.4 Å². The van der Waals surface area contributed by atoms with Crippen molar-refractivity contribution in [2.45, 2.75) is 39.7 Å². The van der Waals surface area contributed by atoms with E-state index in [1.807, 2.05) is 32.0 Å². The number of carbonyl (C=O) groups excluding carboxylic acids is 3. The van der Waals surface area contributed by atoms with Crippen molar-refractivity contribution in [2.75, 3.05) is 10.6 Å². The fourth-order valence-electron chi connectivity index (χ4n) is 3.34. The summed E-state index contributed by atoms with van der Waals surface area (Å²) in [6.07, 6.45) is 1.87. The van der Waals surface area contributed by atoms with Crippen molar-refractivity contribution >= 4 is 29.2 Å². The summed E-state index contributed by atoms with van der Waals surface area (Å²) in [5.74, 6) is -0.338. The van der Waals surface area contributed by atoms with E-state index in [2.05, 4.69) is 31.1 Å². The van der Waals surface area contributed by atoms with Crippen LogP contribution in [0.25, 0.3) is 0 Å². The smallest absolute Gasteiger partial charge is 0.277 e. The molecule has 0 spiro atoms. The van der Waals surface area contributed by atoms with Gasteiger partial charge in [0, 0.05) is 23.7 Å². The third-order valence-corrected chi connectivity index (χ3v) is 5.32. The van der Waals surface area contributed by atoms with E-state index in [-0.39, 0.29) is 23.7 Å². The Balaban J connectivity index is 1.44. The number of carbonyl (C=O) groups is 3. The van der Waals surface area contributed by atoms with Gasteiger partial charge in [-0.3, -0.25) is 14.4 Å². The van der Waals surface area contributed by atoms with Crippen molar-refractivity contribution in [1.29, 1.82) is 0 Å². The first-order valence-corrected chi connectivity index (χ1v) is 10.1. The number of anilines is 2. The number of fused-ring (bicyclic) bond motifs is 1. The Morgan fingerprint density at radius 1 is 1.09 bits per heavy atom. The lowest BCUT2D eigenvalue weighted by Gasteiger charge is -2.18. The van der Waals surface area contributed by atoms with Gasteiger partial charge in [0.2, 0.25) is 5.91 Å². The van der Waals surface area contributed by atoms with Crippen molar-refractivity contribution in [3.05, 3.63) is 64.4 Å². The monoisotopic (exact) mass is 434 g/mol. The minimum atomic E-state index is -0.568. The summed E-state index contributed by atoms with van der Waals surface area (Å²) in [6.45, 7) is 5.67. The van der Waals surface area contributed by atoms with Crippen molar-refractivity contribution in [3.8, 4) is 0 Å². The first kappa shape index (κ1) is 21.2. The van der Waals surface area contributed by atoms with Crippen LogP contribution < -0.4 is 16.0 Å². The second-order valence-electron chi connectivity index (χ2n) is 7.66. The number of rotatable bonds is 5. The predicted molar refractivity (Wildman–Crippen MR) is 115 cm³/mol. The summed E-state index contributed by atoms with van der Waals surface area (Å²) in [5.41, 5.74) is 3.72. The fraction of sp³-hybridized carbons (Fsp3) is 0.273. The van der Waals surface area contributed by atoms with Crippen LogP contribution in [-0.2, 0) is 11.2 Å². The summed E-state index contributed by atoms with van der Waals surface area (Å²) in [6, 6.07) is 6.53. The van der Waals surface area contributed by atoms with E-state index in [1.165, 1.54) is 12.4 Å². The molecular formula is C22H22N6O4. The minimum Gasteiger partial charge on any atom is -0.358 e. The maximum atomic E-state index is 12.8. The van der Waals surface area contributed by atoms with Gasteiger partial charge in [0.25, 0.3) is 11.8 Å². The molecule has 10 heteroatoms. The van der Waals surface area contributed by atoms with Crippen LogP contribution in [0.5, 0.6) is 0 Å². The number of benzene rings is 1. The molecule has 3 N–H and O–H groups in total. The molecule has 0 fully saturated rings. The quantitative estimate of drug-likeness (QED) is 0.561. The Morgan fingerprint density at radius 2 is 1.91 bits per heavy atom. The molecule has 0 aliphatic carbocycles. The lowest BCUT2D eigenvalue weighted by atomic mass is 10.0. The number of aromatic nitrogens is 3. The zero-order valence-electron chi connectivity index (χ0n) is 17.9. The summed E-state index contributed by atoms with van der Waals surface area (Å²) in [5, 5.41) is 12.0. The maximum Gasteiger partial charge on any atom is 0.277 e. The van der Waals surface area contributed by atoms with Crippen molar-refractivity contribution in [3.63, 3.8) is 0 Å². The van der Waals surface area contributed by atoms with E-state index < -0.39 is 17.9 Å². The largest absolute Gasteiger partial charge is 0.358 e. The summed E-state index contributed by atoms with van der Waals surface area (Å²) < 4.78 is 5.28. The van der Waals surface area contributed by atoms with Gasteiger partial charge in [0.05, 0.1) is 6.04 Å². The summed E-state index contributed by atoms with van der Waals surface area (Å²) in [7, 11) is 0. The molecule has 0 saturated carbocycles. The lowest BCUT2D eigenvalue weighted by molar-refractivity contribution is -0.116. The minimum absolute atomic E-state index is 0.0986. The van der Waals surface area contributed by atoms with Crippen molar-refractivity contribution in [1.82, 2.24) is 20.4 Å². The molecule has 164 valence electrons. The standard InChI is InChI=1S/C22H22N6O4/c1-11-4-5-14(8-12(11)2)26-21(30)16-9-17(32-28-16)13(3)25-22(31)19-15-6-7-18(29)27-20(15)24-10-23-19/h4-5,8-10,13H,6-7H2,1-3H3,(H,25,31)(H,26,30)(H,23,24,27,29)/t13-/m1/s1. The number of amides is 3. The van der Waals surface area contributed by atoms with Gasteiger partial charge < -0.3 is 20.5 Å². The Bertz CT molecular complexity index is 1220. The van der Waals surface area contributed by atoms with Crippen LogP contribution in [0.3, 0.4) is 0 Å². The molecule has 1 atom stereocenters. The molecule has 32 heavy (non-hydrogen) atoms. The molecule has 1 aliphatic rings. The zero-order valence-corrected chi connectivity index (χ0v) is 17.9. The second kappa shape index (κ2) is 8.58. The molecule has 3 amide bonds. The third-order valence-electron chi connectivity index (χ3n) is 5.32. The van der Waals surface area contributed by atoms with E-state index >= 15 is 0 Å². The van der Waals surface area contributed by atoms with Gasteiger partial charge in [-0.05, 0) is 50.5 Å². The fourth-order valence-corrected chi connectivity index (χ4v) is 3.34. The van der Waals surface area contributed by atoms with Gasteiger partial charge >= 0.3 is 0 Å². The Hall–Kier alpha value is -4.08. The molecule has 4 rings (SSSR count). The highest BCUT2D eigenvalue weighted by molar-refractivity contribution is 6.03. The van der Waals surface area contributed by atoms with Crippen molar-refractivity contribution in [2.24, 2.45) is 0 Å². The van der Waals surface area contributed by atoms with Gasteiger partial charge in [-0.15, -0.1) is 0 Å². The highest BCUT2D eigenvalue weighted by atomic mass is 16.5. The van der Waals surface area contributed by atoms with Crippen LogP contribution in [0.15, 0.2) is 35.1 Å². The molecule has 2 aromatic heterocycles. The van der Waals surface area contributed by atoms with Gasteiger partial charge in [-0.25, -0.2) is 9.97 Å². The Morgan fingerprint density at radius 3 is 2.69 bits per heavy atom. The molecule has 0 bridgehead atoms. The van der Waals surface area contributed by atoms with Gasteiger partial charge in [0.15, 0.2) is 11.5 Å². The van der Waals surface area contributed by atoms with E-state index in [0.29, 0.717) is 29.2 Å². The molecule has 0 unspecified atom stereocenters. The Kier molecular flexibility index (Phi) is 5.67. The number of hydrogen-bond acceptors (Lipinski definition) is 7. The molecular weight excluding hydrogens is 412 g/mol. The summed E-state index contributed by atoms with van der Waals surface area (Å²) >= 11 is 0. The van der Waals surface area contributed by atoms with Crippen LogP contribution >= 0.6 is 0 Å². The lowest BCUT2D eigenvalue weighted by Crippen LogP contribution is -2.30. The topological polar surface area (TPSA) is 139 Å². The third kappa shape index (κ3) is 4.34. The van der Waals surface area contributed by atoms with E-state index in [4.69, 9.17) is 4.52 Å². The number of hydrogen-bond donors (Lipinski definition) is 3. The van der Waals surface area contributed by atoms with Crippen LogP contribution in [0.2, 0.25) is 0 Å². The highest BCUT2D eigenvalue weighted by Crippen LogP contribution is 2.23. The second-order valence-corrected chi connectivity index (χ2v) is 7.66. The van der Waals surface area contributed by atoms with Crippen LogP contribution in [0, 0.1) is 13.8 Å². The summed E-state index contributed by atoms with van der Waals surface area (Å²) in [4.78, 5) is 44.9. The van der Waals surface area contributed by atoms with Gasteiger partial charge in [-0.2, -0.15) is 0 Å². The van der Waals surface area contributed by atoms with E-state index in [0.717, 1.165) is 11.1 Å². The SMILES string of the molecule is Cc1ccc(NC(=O)c2cc([C@@H](C)NC(=O)c3ncnc4c3CCC(=O)N4)on2)cc1C. The average molecular weight is 434 g/mol. The predicted octanol–water partition coefficient (Wildman–Crippen LogP) is 2.71. The van der Waals surface area contributed by atoms with Crippen LogP contribution in [0.4, 0.5) is 11.5 Å². The average Bonchev–Trinajstić information content (AvgIpc) is 3.26. The Labute approximate surface area is 183 Å². The van der Waals surface area contributed by atoms with E-state index in [1.54, 1.807) is 6.92 Å². The van der Waals surface area contributed by atoms with Crippen molar-refractivity contribution < 1.29 is 18.9 Å². The number of aryl methyl sites for hydroxylation is 2. The van der Waals surface area contributed by atoms with Gasteiger partial charge in [0.1, 0.15) is 17.8 Å². The number of nitrogens with one attached hydrogen (secondary N) is 3. The molecule has 1 aromatic carbocycles. The first-order valence-electron chi connectivity index (χ1n) is 10.1. The highest BCUT2D eigenvalue weighted by Gasteiger charge is 2.25. The normalized spacial score (nSPS) is 13.7. The molecule has 3 heterocycles. The molecule has 0 radical (unpaired) electrons. The maximum absolute atomic E-state index is 12.8. The van der Waals surface area contributed by atoms with Crippen LogP contribution in [0.1, 0.15) is 62.8 Å². The molecule has 1 aliphatic heterocycles. The van der Waals surface area contributed by atoms with Crippen LogP contribution in [-0.4, -0.2) is 32.8 Å². The molecule has 10 nitrogen and oxygen atoms in total. The van der Waals surface area contributed by atoms with Gasteiger partial charge in [-0.1, -0.05) is 11.2 Å². The zero-order chi connectivity index (χ0) is 22.8. The number of nitrogens with zero attached hydrogens (tertiary/aromatic N) is 3. The molecule has 3 aromatic rings. The molecule has 0 saturated heterocycles.